The standard InChI is InChI=1S/C16H21N3OS/c1-12-5-3-4-6-16(12)21-14-7-9-19(10-8-14)11-15-13(2)17-20-18-15/h3-6,14H,7-11H2,1-2H3. The SMILES string of the molecule is Cc1ccccc1SC1CCN(Cc2nonc2C)CC1. The quantitative estimate of drug-likeness (QED) is 0.865. The molecule has 0 N–H and O–H groups in total. The fraction of sp³-hybridized carbons (Fsp3) is 0.500. The van der Waals surface area contributed by atoms with E-state index in [1.54, 1.807) is 0 Å². The van der Waals surface area contributed by atoms with Crippen LogP contribution in [0.1, 0.15) is 29.8 Å². The van der Waals surface area contributed by atoms with Crippen molar-refractivity contribution < 1.29 is 4.63 Å². The molecule has 0 saturated carbocycles. The predicted octanol–water partition coefficient (Wildman–Crippen LogP) is 3.44. The Morgan fingerprint density at radius 1 is 1.19 bits per heavy atom. The number of piperidine rings is 1. The van der Waals surface area contributed by atoms with Crippen LogP contribution in [0.25, 0.3) is 0 Å². The number of rotatable bonds is 4. The zero-order valence-corrected chi connectivity index (χ0v) is 13.4. The molecule has 1 aliphatic rings. The van der Waals surface area contributed by atoms with E-state index in [9.17, 15) is 0 Å². The van der Waals surface area contributed by atoms with Gasteiger partial charge in [-0.1, -0.05) is 28.5 Å². The summed E-state index contributed by atoms with van der Waals surface area (Å²) in [5.74, 6) is 0. The Kier molecular flexibility index (Phi) is 4.60. The molecule has 1 aliphatic heterocycles. The fourth-order valence-corrected chi connectivity index (χ4v) is 3.87. The molecule has 1 fully saturated rings. The highest BCUT2D eigenvalue weighted by molar-refractivity contribution is 8.00. The smallest absolute Gasteiger partial charge is 0.122 e. The van der Waals surface area contributed by atoms with Crippen LogP contribution in [0.4, 0.5) is 0 Å². The Bertz CT molecular complexity index is 591. The van der Waals surface area contributed by atoms with E-state index in [2.05, 4.69) is 46.4 Å². The average molecular weight is 303 g/mol. The largest absolute Gasteiger partial charge is 0.297 e. The second-order valence-electron chi connectivity index (χ2n) is 5.66. The third kappa shape index (κ3) is 3.66. The normalized spacial score (nSPS) is 17.2. The van der Waals surface area contributed by atoms with Crippen molar-refractivity contribution in [2.24, 2.45) is 0 Å². The van der Waals surface area contributed by atoms with Crippen LogP contribution in [0.15, 0.2) is 33.8 Å². The van der Waals surface area contributed by atoms with Gasteiger partial charge >= 0.3 is 0 Å². The molecule has 2 heterocycles. The van der Waals surface area contributed by atoms with E-state index in [4.69, 9.17) is 4.63 Å². The van der Waals surface area contributed by atoms with Gasteiger partial charge in [0.25, 0.3) is 0 Å². The minimum atomic E-state index is 0.721. The van der Waals surface area contributed by atoms with Gasteiger partial charge in [0.1, 0.15) is 11.4 Å². The van der Waals surface area contributed by atoms with Crippen LogP contribution in [-0.4, -0.2) is 33.6 Å². The molecule has 5 heteroatoms. The summed E-state index contributed by atoms with van der Waals surface area (Å²) in [4.78, 5) is 3.87. The van der Waals surface area contributed by atoms with Gasteiger partial charge < -0.3 is 0 Å². The van der Waals surface area contributed by atoms with Gasteiger partial charge in [0.2, 0.25) is 0 Å². The van der Waals surface area contributed by atoms with Crippen LogP contribution in [-0.2, 0) is 6.54 Å². The Morgan fingerprint density at radius 2 is 1.95 bits per heavy atom. The second-order valence-corrected chi connectivity index (χ2v) is 7.00. The first kappa shape index (κ1) is 14.6. The maximum Gasteiger partial charge on any atom is 0.122 e. The summed E-state index contributed by atoms with van der Waals surface area (Å²) in [6.07, 6.45) is 2.45. The lowest BCUT2D eigenvalue weighted by molar-refractivity contribution is 0.216. The van der Waals surface area contributed by atoms with Crippen molar-refractivity contribution in [3.05, 3.63) is 41.2 Å². The number of thioether (sulfide) groups is 1. The molecular formula is C16H21N3OS. The van der Waals surface area contributed by atoms with Gasteiger partial charge in [-0.2, -0.15) is 0 Å². The average Bonchev–Trinajstić information content (AvgIpc) is 2.89. The molecule has 0 amide bonds. The van der Waals surface area contributed by atoms with Gasteiger partial charge in [-0.05, 0) is 51.4 Å². The molecule has 3 rings (SSSR count). The summed E-state index contributed by atoms with van der Waals surface area (Å²) in [7, 11) is 0. The first-order chi connectivity index (χ1) is 10.2. The lowest BCUT2D eigenvalue weighted by Crippen LogP contribution is -2.34. The molecule has 4 nitrogen and oxygen atoms in total. The van der Waals surface area contributed by atoms with E-state index in [1.165, 1.54) is 23.3 Å². The zero-order valence-electron chi connectivity index (χ0n) is 12.6. The molecule has 0 atom stereocenters. The van der Waals surface area contributed by atoms with Gasteiger partial charge in [-0.15, -0.1) is 11.8 Å². The molecule has 0 unspecified atom stereocenters. The van der Waals surface area contributed by atoms with Gasteiger partial charge in [0.15, 0.2) is 0 Å². The Morgan fingerprint density at radius 3 is 2.62 bits per heavy atom. The van der Waals surface area contributed by atoms with E-state index < -0.39 is 0 Å². The molecule has 1 aromatic heterocycles. The van der Waals surface area contributed by atoms with Crippen molar-refractivity contribution in [1.82, 2.24) is 15.2 Å². The molecule has 0 radical (unpaired) electrons. The van der Waals surface area contributed by atoms with Crippen molar-refractivity contribution in [2.45, 2.75) is 43.4 Å². The summed E-state index contributed by atoms with van der Waals surface area (Å²) in [5, 5.41) is 8.54. The van der Waals surface area contributed by atoms with E-state index in [-0.39, 0.29) is 0 Å². The topological polar surface area (TPSA) is 42.2 Å². The molecule has 1 aromatic carbocycles. The molecule has 2 aromatic rings. The molecule has 0 bridgehead atoms. The Hall–Kier alpha value is -1.33. The molecule has 1 saturated heterocycles. The lowest BCUT2D eigenvalue weighted by Gasteiger charge is -2.31. The molecule has 21 heavy (non-hydrogen) atoms. The third-order valence-electron chi connectivity index (χ3n) is 4.04. The Balaban J connectivity index is 1.51. The number of likely N-dealkylation sites (tertiary alicyclic amines) is 1. The third-order valence-corrected chi connectivity index (χ3v) is 5.56. The van der Waals surface area contributed by atoms with Crippen LogP contribution >= 0.6 is 11.8 Å². The number of hydrogen-bond acceptors (Lipinski definition) is 5. The van der Waals surface area contributed by atoms with Crippen LogP contribution in [0.2, 0.25) is 0 Å². The predicted molar refractivity (Wildman–Crippen MR) is 84.4 cm³/mol. The molecule has 0 aliphatic carbocycles. The molecular weight excluding hydrogens is 282 g/mol. The lowest BCUT2D eigenvalue weighted by atomic mass is 10.1. The van der Waals surface area contributed by atoms with Gasteiger partial charge in [0.05, 0.1) is 0 Å². The minimum absolute atomic E-state index is 0.721. The Labute approximate surface area is 129 Å². The molecule has 112 valence electrons. The van der Waals surface area contributed by atoms with Gasteiger partial charge in [-0.3, -0.25) is 4.90 Å². The molecule has 0 spiro atoms. The highest BCUT2D eigenvalue weighted by Gasteiger charge is 2.22. The maximum absolute atomic E-state index is 4.77. The van der Waals surface area contributed by atoms with E-state index in [1.807, 2.05) is 18.7 Å². The van der Waals surface area contributed by atoms with E-state index in [0.717, 1.165) is 36.3 Å². The first-order valence-electron chi connectivity index (χ1n) is 7.45. The monoisotopic (exact) mass is 303 g/mol. The van der Waals surface area contributed by atoms with Crippen LogP contribution in [0.3, 0.4) is 0 Å². The minimum Gasteiger partial charge on any atom is -0.297 e. The number of hydrogen-bond donors (Lipinski definition) is 0. The van der Waals surface area contributed by atoms with Crippen molar-refractivity contribution in [3.63, 3.8) is 0 Å². The summed E-state index contributed by atoms with van der Waals surface area (Å²) >= 11 is 2.03. The fourth-order valence-electron chi connectivity index (χ4n) is 2.66. The van der Waals surface area contributed by atoms with E-state index >= 15 is 0 Å². The number of aromatic nitrogens is 2. The van der Waals surface area contributed by atoms with Crippen molar-refractivity contribution in [1.29, 1.82) is 0 Å². The van der Waals surface area contributed by atoms with Crippen molar-refractivity contribution >= 4 is 11.8 Å². The summed E-state index contributed by atoms with van der Waals surface area (Å²) in [5.41, 5.74) is 3.26. The summed E-state index contributed by atoms with van der Waals surface area (Å²) in [6.45, 7) is 7.24. The summed E-state index contributed by atoms with van der Waals surface area (Å²) < 4.78 is 4.77. The van der Waals surface area contributed by atoms with Crippen LogP contribution in [0.5, 0.6) is 0 Å². The van der Waals surface area contributed by atoms with Gasteiger partial charge in [-0.25, -0.2) is 4.63 Å². The first-order valence-corrected chi connectivity index (χ1v) is 8.33. The number of aryl methyl sites for hydroxylation is 2. The maximum atomic E-state index is 4.77. The summed E-state index contributed by atoms with van der Waals surface area (Å²) in [6, 6.07) is 8.66. The van der Waals surface area contributed by atoms with E-state index in [0.29, 0.717) is 0 Å². The van der Waals surface area contributed by atoms with Crippen molar-refractivity contribution in [3.8, 4) is 0 Å². The number of benzene rings is 1. The van der Waals surface area contributed by atoms with Crippen LogP contribution < -0.4 is 0 Å². The highest BCUT2D eigenvalue weighted by atomic mass is 32.2. The van der Waals surface area contributed by atoms with Crippen molar-refractivity contribution in [2.75, 3.05) is 13.1 Å². The van der Waals surface area contributed by atoms with Gasteiger partial charge in [0, 0.05) is 16.7 Å². The number of nitrogens with zero attached hydrogens (tertiary/aromatic N) is 3. The second kappa shape index (κ2) is 6.62. The highest BCUT2D eigenvalue weighted by Crippen LogP contribution is 2.32. The zero-order chi connectivity index (χ0) is 14.7. The van der Waals surface area contributed by atoms with Crippen LogP contribution in [0, 0.1) is 13.8 Å².